The average Bonchev–Trinajstić information content (AvgIpc) is 3.09. The SMILES string of the molecule is CC(C)(C)c1ccc(OC[C@@H]2Cn3c(nc4cc(F)ccc43)O2)cc1. The lowest BCUT2D eigenvalue weighted by Gasteiger charge is -2.19. The third-order valence-electron chi connectivity index (χ3n) is 4.49. The van der Waals surface area contributed by atoms with Crippen LogP contribution in [0, 0.1) is 5.82 Å². The van der Waals surface area contributed by atoms with Gasteiger partial charge < -0.3 is 9.47 Å². The third kappa shape index (κ3) is 3.06. The molecule has 1 aliphatic rings. The number of halogens is 1. The van der Waals surface area contributed by atoms with Crippen LogP contribution >= 0.6 is 0 Å². The number of nitrogens with zero attached hydrogens (tertiary/aromatic N) is 2. The van der Waals surface area contributed by atoms with Crippen molar-refractivity contribution in [1.82, 2.24) is 9.55 Å². The van der Waals surface area contributed by atoms with E-state index in [0.717, 1.165) is 11.3 Å². The number of fused-ring (bicyclic) bond motifs is 3. The molecule has 5 heteroatoms. The molecule has 0 N–H and O–H groups in total. The van der Waals surface area contributed by atoms with Crippen LogP contribution in [0.3, 0.4) is 0 Å². The zero-order valence-corrected chi connectivity index (χ0v) is 14.6. The zero-order chi connectivity index (χ0) is 17.6. The Morgan fingerprint density at radius 2 is 1.96 bits per heavy atom. The summed E-state index contributed by atoms with van der Waals surface area (Å²) in [7, 11) is 0. The molecule has 0 aliphatic carbocycles. The molecule has 2 aromatic carbocycles. The molecule has 0 bridgehead atoms. The summed E-state index contributed by atoms with van der Waals surface area (Å²) in [5.41, 5.74) is 2.90. The molecule has 4 rings (SSSR count). The van der Waals surface area contributed by atoms with Crippen molar-refractivity contribution in [3.8, 4) is 11.8 Å². The molecule has 130 valence electrons. The number of hydrogen-bond acceptors (Lipinski definition) is 3. The molecule has 4 nitrogen and oxygen atoms in total. The Morgan fingerprint density at radius 3 is 2.68 bits per heavy atom. The summed E-state index contributed by atoms with van der Waals surface area (Å²) in [6, 6.07) is 13.3. The molecule has 1 aromatic heterocycles. The Kier molecular flexibility index (Phi) is 3.67. The topological polar surface area (TPSA) is 36.3 Å². The lowest BCUT2D eigenvalue weighted by Crippen LogP contribution is -2.23. The van der Waals surface area contributed by atoms with Crippen molar-refractivity contribution in [1.29, 1.82) is 0 Å². The van der Waals surface area contributed by atoms with Gasteiger partial charge in [0.25, 0.3) is 6.01 Å². The first kappa shape index (κ1) is 15.9. The minimum absolute atomic E-state index is 0.0979. The first-order chi connectivity index (χ1) is 11.9. The van der Waals surface area contributed by atoms with Gasteiger partial charge in [0.05, 0.1) is 17.6 Å². The second-order valence-corrected chi connectivity index (χ2v) is 7.46. The quantitative estimate of drug-likeness (QED) is 0.713. The van der Waals surface area contributed by atoms with Crippen LogP contribution in [-0.2, 0) is 12.0 Å². The summed E-state index contributed by atoms with van der Waals surface area (Å²) in [6.07, 6.45) is -0.0979. The lowest BCUT2D eigenvalue weighted by molar-refractivity contribution is 0.144. The van der Waals surface area contributed by atoms with Crippen molar-refractivity contribution < 1.29 is 13.9 Å². The van der Waals surface area contributed by atoms with Gasteiger partial charge in [0, 0.05) is 6.07 Å². The Balaban J connectivity index is 1.41. The minimum Gasteiger partial charge on any atom is -0.490 e. The van der Waals surface area contributed by atoms with Gasteiger partial charge in [-0.1, -0.05) is 32.9 Å². The van der Waals surface area contributed by atoms with E-state index in [9.17, 15) is 4.39 Å². The van der Waals surface area contributed by atoms with E-state index >= 15 is 0 Å². The van der Waals surface area contributed by atoms with Crippen molar-refractivity contribution in [3.63, 3.8) is 0 Å². The Bertz CT molecular complexity index is 910. The molecular weight excluding hydrogens is 319 g/mol. The molecule has 0 fully saturated rings. The lowest BCUT2D eigenvalue weighted by atomic mass is 9.87. The fraction of sp³-hybridized carbons (Fsp3) is 0.350. The molecule has 2 heterocycles. The molecule has 3 aromatic rings. The highest BCUT2D eigenvalue weighted by Gasteiger charge is 2.27. The molecule has 0 saturated carbocycles. The van der Waals surface area contributed by atoms with E-state index in [0.29, 0.717) is 24.7 Å². The van der Waals surface area contributed by atoms with E-state index in [1.807, 2.05) is 16.7 Å². The highest BCUT2D eigenvalue weighted by Crippen LogP contribution is 2.29. The minimum atomic E-state index is -0.289. The maximum Gasteiger partial charge on any atom is 0.297 e. The molecule has 0 unspecified atom stereocenters. The number of hydrogen-bond donors (Lipinski definition) is 0. The summed E-state index contributed by atoms with van der Waals surface area (Å²) in [5, 5.41) is 0. The molecule has 1 aliphatic heterocycles. The third-order valence-corrected chi connectivity index (χ3v) is 4.49. The monoisotopic (exact) mass is 340 g/mol. The van der Waals surface area contributed by atoms with Crippen LogP contribution in [0.15, 0.2) is 42.5 Å². The zero-order valence-electron chi connectivity index (χ0n) is 14.6. The van der Waals surface area contributed by atoms with Crippen molar-refractivity contribution >= 4 is 11.0 Å². The fourth-order valence-corrected chi connectivity index (χ4v) is 3.06. The summed E-state index contributed by atoms with van der Waals surface area (Å²) < 4.78 is 26.9. The first-order valence-electron chi connectivity index (χ1n) is 8.46. The van der Waals surface area contributed by atoms with Gasteiger partial charge in [-0.2, -0.15) is 4.98 Å². The largest absolute Gasteiger partial charge is 0.490 e. The van der Waals surface area contributed by atoms with Crippen LogP contribution in [0.1, 0.15) is 26.3 Å². The highest BCUT2D eigenvalue weighted by atomic mass is 19.1. The standard InChI is InChI=1S/C20H21FN2O2/c1-20(2,3)13-4-7-15(8-5-13)24-12-16-11-23-18-9-6-14(21)10-17(18)22-19(23)25-16/h4-10,16H,11-12H2,1-3H3/t16-/m0/s1. The van der Waals surface area contributed by atoms with Crippen LogP contribution in [0.25, 0.3) is 11.0 Å². The van der Waals surface area contributed by atoms with Crippen LogP contribution in [0.4, 0.5) is 4.39 Å². The van der Waals surface area contributed by atoms with Crippen molar-refractivity contribution in [2.45, 2.75) is 38.8 Å². The molecule has 1 atom stereocenters. The predicted octanol–water partition coefficient (Wildman–Crippen LogP) is 4.31. The van der Waals surface area contributed by atoms with E-state index in [1.165, 1.54) is 17.7 Å². The van der Waals surface area contributed by atoms with Gasteiger partial charge in [0.2, 0.25) is 0 Å². The predicted molar refractivity (Wildman–Crippen MR) is 94.7 cm³/mol. The number of imidazole rings is 1. The summed E-state index contributed by atoms with van der Waals surface area (Å²) in [5.74, 6) is 0.538. The fourth-order valence-electron chi connectivity index (χ4n) is 3.06. The van der Waals surface area contributed by atoms with Gasteiger partial charge in [-0.25, -0.2) is 4.39 Å². The summed E-state index contributed by atoms with van der Waals surface area (Å²) in [4.78, 5) is 4.34. The van der Waals surface area contributed by atoms with Gasteiger partial charge in [0.15, 0.2) is 6.10 Å². The van der Waals surface area contributed by atoms with Gasteiger partial charge in [0.1, 0.15) is 18.2 Å². The number of benzene rings is 2. The van der Waals surface area contributed by atoms with Crippen molar-refractivity contribution in [2.75, 3.05) is 6.61 Å². The number of ether oxygens (including phenoxy) is 2. The highest BCUT2D eigenvalue weighted by molar-refractivity contribution is 5.77. The van der Waals surface area contributed by atoms with Gasteiger partial charge in [-0.3, -0.25) is 4.57 Å². The molecule has 0 amide bonds. The Morgan fingerprint density at radius 1 is 1.20 bits per heavy atom. The van der Waals surface area contributed by atoms with Gasteiger partial charge in [-0.05, 0) is 35.2 Å². The Labute approximate surface area is 146 Å². The normalized spacial score (nSPS) is 16.7. The molecule has 0 radical (unpaired) electrons. The molecule has 25 heavy (non-hydrogen) atoms. The average molecular weight is 340 g/mol. The molecule has 0 spiro atoms. The Hall–Kier alpha value is -2.56. The number of aromatic nitrogens is 2. The maximum atomic E-state index is 13.3. The van der Waals surface area contributed by atoms with E-state index in [1.54, 1.807) is 6.07 Å². The summed E-state index contributed by atoms with van der Waals surface area (Å²) >= 11 is 0. The first-order valence-corrected chi connectivity index (χ1v) is 8.46. The van der Waals surface area contributed by atoms with Crippen molar-refractivity contribution in [3.05, 3.63) is 53.8 Å². The van der Waals surface area contributed by atoms with E-state index in [-0.39, 0.29) is 17.3 Å². The van der Waals surface area contributed by atoms with Crippen LogP contribution in [0.5, 0.6) is 11.8 Å². The number of rotatable bonds is 3. The van der Waals surface area contributed by atoms with E-state index in [4.69, 9.17) is 9.47 Å². The molecule has 0 saturated heterocycles. The van der Waals surface area contributed by atoms with Crippen LogP contribution in [-0.4, -0.2) is 22.3 Å². The second-order valence-electron chi connectivity index (χ2n) is 7.46. The van der Waals surface area contributed by atoms with Crippen LogP contribution in [0.2, 0.25) is 0 Å². The summed E-state index contributed by atoms with van der Waals surface area (Å²) in [6.45, 7) is 7.66. The smallest absolute Gasteiger partial charge is 0.297 e. The molecular formula is C20H21FN2O2. The van der Waals surface area contributed by atoms with E-state index < -0.39 is 0 Å². The van der Waals surface area contributed by atoms with Gasteiger partial charge in [-0.15, -0.1) is 0 Å². The van der Waals surface area contributed by atoms with E-state index in [2.05, 4.69) is 37.9 Å². The second kappa shape index (κ2) is 5.76. The van der Waals surface area contributed by atoms with Crippen LogP contribution < -0.4 is 9.47 Å². The van der Waals surface area contributed by atoms with Crippen molar-refractivity contribution in [2.24, 2.45) is 0 Å². The maximum absolute atomic E-state index is 13.3. The van der Waals surface area contributed by atoms with Gasteiger partial charge >= 0.3 is 0 Å².